The van der Waals surface area contributed by atoms with Gasteiger partial charge in [0.05, 0.1) is 12.3 Å². The summed E-state index contributed by atoms with van der Waals surface area (Å²) in [6.45, 7) is 0.361. The monoisotopic (exact) mass is 298 g/mol. The van der Waals surface area contributed by atoms with E-state index in [0.717, 1.165) is 10.2 Å². The van der Waals surface area contributed by atoms with Crippen LogP contribution in [0.15, 0.2) is 63.8 Å². The molecule has 0 fully saturated rings. The van der Waals surface area contributed by atoms with Gasteiger partial charge in [0.15, 0.2) is 0 Å². The van der Waals surface area contributed by atoms with E-state index < -0.39 is 5.76 Å². The van der Waals surface area contributed by atoms with E-state index in [9.17, 15) is 9.90 Å². The lowest BCUT2D eigenvalue weighted by atomic mass is 10.2. The summed E-state index contributed by atoms with van der Waals surface area (Å²) in [6.07, 6.45) is 0.616. The molecular formula is C16H14N2O4. The molecule has 0 aliphatic carbocycles. The molecule has 0 aliphatic rings. The van der Waals surface area contributed by atoms with Gasteiger partial charge in [-0.15, -0.1) is 0 Å². The van der Waals surface area contributed by atoms with Crippen LogP contribution in [0, 0.1) is 0 Å². The fraction of sp³-hybridized carbons (Fsp3) is 0.125. The maximum atomic E-state index is 11.7. The van der Waals surface area contributed by atoms with Crippen molar-refractivity contribution >= 4 is 0 Å². The van der Waals surface area contributed by atoms with E-state index in [1.807, 2.05) is 30.3 Å². The molecule has 0 radical (unpaired) electrons. The summed E-state index contributed by atoms with van der Waals surface area (Å²) in [5.41, 5.74) is 1.62. The Bertz CT molecular complexity index is 791. The van der Waals surface area contributed by atoms with Crippen LogP contribution in [0.3, 0.4) is 0 Å². The van der Waals surface area contributed by atoms with Crippen LogP contribution in [-0.4, -0.2) is 21.5 Å². The molecule has 3 aromatic rings. The number of hydrogen-bond acceptors (Lipinski definition) is 5. The Morgan fingerprint density at radius 1 is 1.09 bits per heavy atom. The van der Waals surface area contributed by atoms with Gasteiger partial charge in [-0.3, -0.25) is 0 Å². The molecule has 1 aromatic heterocycles. The van der Waals surface area contributed by atoms with E-state index in [-0.39, 0.29) is 11.8 Å². The number of aromatic nitrogens is 2. The minimum absolute atomic E-state index is 0.0750. The topological polar surface area (TPSA) is 77.5 Å². The molecular weight excluding hydrogens is 284 g/mol. The number of phenolic OH excluding ortho intramolecular Hbond substituents is 1. The number of ether oxygens (including phenoxy) is 1. The molecule has 22 heavy (non-hydrogen) atoms. The van der Waals surface area contributed by atoms with Crippen LogP contribution < -0.4 is 10.5 Å². The molecule has 6 nitrogen and oxygen atoms in total. The number of hydrogen-bond donors (Lipinski definition) is 1. The summed E-state index contributed by atoms with van der Waals surface area (Å²) in [7, 11) is 0. The molecule has 0 unspecified atom stereocenters. The van der Waals surface area contributed by atoms with E-state index in [4.69, 9.17) is 9.15 Å². The second kappa shape index (κ2) is 6.17. The maximum Gasteiger partial charge on any atom is 0.444 e. The van der Waals surface area contributed by atoms with E-state index in [0.29, 0.717) is 18.7 Å². The zero-order chi connectivity index (χ0) is 15.4. The van der Waals surface area contributed by atoms with E-state index in [1.165, 1.54) is 12.1 Å². The fourth-order valence-corrected chi connectivity index (χ4v) is 1.98. The first-order chi connectivity index (χ1) is 10.7. The molecule has 0 aliphatic heterocycles. The number of phenols is 1. The SMILES string of the molecule is O=c1oc(OCCc2ccccc2)nn1-c1ccc(O)cc1. The summed E-state index contributed by atoms with van der Waals surface area (Å²) in [6, 6.07) is 15.9. The van der Waals surface area contributed by atoms with Gasteiger partial charge in [-0.1, -0.05) is 35.4 Å². The van der Waals surface area contributed by atoms with Crippen molar-refractivity contribution in [3.05, 3.63) is 70.7 Å². The van der Waals surface area contributed by atoms with E-state index >= 15 is 0 Å². The van der Waals surface area contributed by atoms with Crippen LogP contribution in [0.2, 0.25) is 0 Å². The molecule has 3 rings (SSSR count). The van der Waals surface area contributed by atoms with Gasteiger partial charge in [0, 0.05) is 6.42 Å². The van der Waals surface area contributed by atoms with Crippen LogP contribution in [0.25, 0.3) is 5.69 Å². The van der Waals surface area contributed by atoms with Gasteiger partial charge >= 0.3 is 11.8 Å². The van der Waals surface area contributed by atoms with Gasteiger partial charge in [-0.05, 0) is 29.8 Å². The van der Waals surface area contributed by atoms with Crippen LogP contribution in [0.4, 0.5) is 0 Å². The Labute approximate surface area is 126 Å². The van der Waals surface area contributed by atoms with Crippen molar-refractivity contribution in [3.63, 3.8) is 0 Å². The molecule has 0 atom stereocenters. The lowest BCUT2D eigenvalue weighted by molar-refractivity contribution is 0.228. The zero-order valence-corrected chi connectivity index (χ0v) is 11.7. The van der Waals surface area contributed by atoms with Gasteiger partial charge < -0.3 is 14.3 Å². The molecule has 6 heteroatoms. The molecule has 0 bridgehead atoms. The first kappa shape index (κ1) is 13.9. The predicted molar refractivity (Wildman–Crippen MR) is 79.4 cm³/mol. The Kier molecular flexibility index (Phi) is 3.91. The van der Waals surface area contributed by atoms with Crippen molar-refractivity contribution in [2.24, 2.45) is 0 Å². The van der Waals surface area contributed by atoms with Crippen molar-refractivity contribution in [3.8, 4) is 17.5 Å². The highest BCUT2D eigenvalue weighted by Gasteiger charge is 2.10. The number of nitrogens with zero attached hydrogens (tertiary/aromatic N) is 2. The molecule has 2 aromatic carbocycles. The molecule has 112 valence electrons. The smallest absolute Gasteiger partial charge is 0.444 e. The number of rotatable bonds is 5. The largest absolute Gasteiger partial charge is 0.508 e. The second-order valence-electron chi connectivity index (χ2n) is 4.65. The van der Waals surface area contributed by atoms with Crippen molar-refractivity contribution in [1.82, 2.24) is 9.78 Å². The Morgan fingerprint density at radius 2 is 1.82 bits per heavy atom. The van der Waals surface area contributed by atoms with Crippen molar-refractivity contribution in [1.29, 1.82) is 0 Å². The van der Waals surface area contributed by atoms with Gasteiger partial charge in [0.25, 0.3) is 0 Å². The normalized spacial score (nSPS) is 10.5. The van der Waals surface area contributed by atoms with E-state index in [2.05, 4.69) is 5.10 Å². The summed E-state index contributed by atoms with van der Waals surface area (Å²) in [4.78, 5) is 11.7. The average molecular weight is 298 g/mol. The minimum Gasteiger partial charge on any atom is -0.508 e. The highest BCUT2D eigenvalue weighted by molar-refractivity contribution is 5.35. The highest BCUT2D eigenvalue weighted by atomic mass is 16.6. The third-order valence-corrected chi connectivity index (χ3v) is 3.08. The van der Waals surface area contributed by atoms with E-state index in [1.54, 1.807) is 12.1 Å². The Morgan fingerprint density at radius 3 is 2.55 bits per heavy atom. The van der Waals surface area contributed by atoms with Gasteiger partial charge in [0.1, 0.15) is 5.75 Å². The third kappa shape index (κ3) is 3.17. The van der Waals surface area contributed by atoms with Crippen LogP contribution in [-0.2, 0) is 6.42 Å². The molecule has 0 amide bonds. The lowest BCUT2D eigenvalue weighted by Gasteiger charge is -2.01. The summed E-state index contributed by atoms with van der Waals surface area (Å²) < 4.78 is 11.4. The highest BCUT2D eigenvalue weighted by Crippen LogP contribution is 2.13. The van der Waals surface area contributed by atoms with Crippen molar-refractivity contribution < 1.29 is 14.3 Å². The Hall–Kier alpha value is -3.02. The maximum absolute atomic E-state index is 11.7. The second-order valence-corrected chi connectivity index (χ2v) is 4.65. The first-order valence-electron chi connectivity index (χ1n) is 6.79. The average Bonchev–Trinajstić information content (AvgIpc) is 2.90. The quantitative estimate of drug-likeness (QED) is 0.781. The third-order valence-electron chi connectivity index (χ3n) is 3.08. The van der Waals surface area contributed by atoms with Crippen molar-refractivity contribution in [2.45, 2.75) is 6.42 Å². The molecule has 1 heterocycles. The van der Waals surface area contributed by atoms with Crippen LogP contribution >= 0.6 is 0 Å². The van der Waals surface area contributed by atoms with Gasteiger partial charge in [0.2, 0.25) is 0 Å². The molecule has 0 saturated carbocycles. The molecule has 0 spiro atoms. The predicted octanol–water partition coefficient (Wildman–Crippen LogP) is 2.15. The lowest BCUT2D eigenvalue weighted by Crippen LogP contribution is -2.13. The first-order valence-corrected chi connectivity index (χ1v) is 6.79. The summed E-state index contributed by atoms with van der Waals surface area (Å²) >= 11 is 0. The number of benzene rings is 2. The minimum atomic E-state index is -0.639. The molecule has 0 saturated heterocycles. The Balaban J connectivity index is 1.67. The number of aromatic hydroxyl groups is 1. The molecule has 1 N–H and O–H groups in total. The van der Waals surface area contributed by atoms with Crippen LogP contribution in [0.5, 0.6) is 11.8 Å². The fourth-order valence-electron chi connectivity index (χ4n) is 1.98. The standard InChI is InChI=1S/C16H14N2O4/c19-14-8-6-13(7-9-14)18-16(20)22-15(17-18)21-11-10-12-4-2-1-3-5-12/h1-9,19H,10-11H2. The summed E-state index contributed by atoms with van der Waals surface area (Å²) in [5, 5.41) is 13.2. The van der Waals surface area contributed by atoms with Crippen molar-refractivity contribution in [2.75, 3.05) is 6.61 Å². The van der Waals surface area contributed by atoms with Gasteiger partial charge in [-0.2, -0.15) is 4.68 Å². The zero-order valence-electron chi connectivity index (χ0n) is 11.7. The van der Waals surface area contributed by atoms with Crippen LogP contribution in [0.1, 0.15) is 5.56 Å². The van der Waals surface area contributed by atoms with Gasteiger partial charge in [-0.25, -0.2) is 4.79 Å². The summed E-state index contributed by atoms with van der Waals surface area (Å²) in [5.74, 6) is -0.528.